The van der Waals surface area contributed by atoms with Crippen molar-refractivity contribution >= 4 is 17.6 Å². The summed E-state index contributed by atoms with van der Waals surface area (Å²) < 4.78 is 5.90. The van der Waals surface area contributed by atoms with Crippen LogP contribution in [0.25, 0.3) is 11.5 Å². The summed E-state index contributed by atoms with van der Waals surface area (Å²) >= 11 is 6.03. The van der Waals surface area contributed by atoms with Crippen LogP contribution in [0.2, 0.25) is 5.02 Å². The van der Waals surface area contributed by atoms with Crippen LogP contribution in [0.1, 0.15) is 28.6 Å². The maximum absolute atomic E-state index is 12.6. The Morgan fingerprint density at radius 1 is 0.968 bits per heavy atom. The number of carbonyl (C=O) groups is 1. The smallest absolute Gasteiger partial charge is 0.315 e. The fraction of sp³-hybridized carbons (Fsp3) is 0.125. The summed E-state index contributed by atoms with van der Waals surface area (Å²) in [6.45, 7) is 2.42. The van der Waals surface area contributed by atoms with Crippen molar-refractivity contribution in [1.82, 2.24) is 20.8 Å². The number of hydrogen-bond donors (Lipinski definition) is 2. The van der Waals surface area contributed by atoms with Gasteiger partial charge in [-0.3, -0.25) is 0 Å². The molecule has 0 fully saturated rings. The highest BCUT2D eigenvalue weighted by Crippen LogP contribution is 2.26. The fourth-order valence-corrected chi connectivity index (χ4v) is 3.19. The Kier molecular flexibility index (Phi) is 6.29. The van der Waals surface area contributed by atoms with E-state index < -0.39 is 6.04 Å². The van der Waals surface area contributed by atoms with Crippen LogP contribution >= 0.6 is 11.6 Å². The van der Waals surface area contributed by atoms with Gasteiger partial charge in [0.15, 0.2) is 0 Å². The first-order valence-electron chi connectivity index (χ1n) is 9.83. The number of rotatable bonds is 6. The highest BCUT2D eigenvalue weighted by atomic mass is 35.5. The number of aryl methyl sites for hydroxylation is 1. The molecule has 0 aliphatic heterocycles. The molecule has 156 valence electrons. The van der Waals surface area contributed by atoms with Gasteiger partial charge in [-0.05, 0) is 42.3 Å². The number of halogens is 1. The van der Waals surface area contributed by atoms with Gasteiger partial charge in [0.05, 0.1) is 0 Å². The summed E-state index contributed by atoms with van der Waals surface area (Å²) in [5.74, 6) is 0.670. The Hall–Kier alpha value is -3.64. The SMILES string of the molecule is Cc1ccc(CNC(=O)N[C@@H](c2ccc(Cl)cc2)c2nnc(-c3ccccc3)o2)cc1. The molecule has 0 aliphatic rings. The molecular formula is C24H21ClN4O2. The van der Waals surface area contributed by atoms with Gasteiger partial charge in [-0.15, -0.1) is 10.2 Å². The third kappa shape index (κ3) is 5.29. The van der Waals surface area contributed by atoms with E-state index in [1.165, 1.54) is 5.56 Å². The predicted molar refractivity (Wildman–Crippen MR) is 120 cm³/mol. The molecule has 1 heterocycles. The van der Waals surface area contributed by atoms with Crippen molar-refractivity contribution in [3.63, 3.8) is 0 Å². The largest absolute Gasteiger partial charge is 0.418 e. The van der Waals surface area contributed by atoms with Crippen LogP contribution in [0.4, 0.5) is 4.79 Å². The molecule has 2 amide bonds. The van der Waals surface area contributed by atoms with E-state index in [1.807, 2.05) is 73.7 Å². The molecule has 0 aliphatic carbocycles. The van der Waals surface area contributed by atoms with E-state index in [0.717, 1.165) is 16.7 Å². The van der Waals surface area contributed by atoms with Crippen molar-refractivity contribution in [2.75, 3.05) is 0 Å². The summed E-state index contributed by atoms with van der Waals surface area (Å²) in [6.07, 6.45) is 0. The molecule has 4 aromatic rings. The molecule has 6 nitrogen and oxygen atoms in total. The van der Waals surface area contributed by atoms with Gasteiger partial charge in [0.25, 0.3) is 0 Å². The third-order valence-corrected chi connectivity index (χ3v) is 5.01. The van der Waals surface area contributed by atoms with Crippen LogP contribution in [0.3, 0.4) is 0 Å². The number of urea groups is 1. The lowest BCUT2D eigenvalue weighted by molar-refractivity contribution is 0.236. The lowest BCUT2D eigenvalue weighted by Crippen LogP contribution is -2.38. The van der Waals surface area contributed by atoms with E-state index >= 15 is 0 Å². The minimum atomic E-state index is -0.625. The van der Waals surface area contributed by atoms with Gasteiger partial charge in [0, 0.05) is 17.1 Å². The predicted octanol–water partition coefficient (Wildman–Crippen LogP) is 5.29. The number of benzene rings is 3. The number of nitrogens with one attached hydrogen (secondary N) is 2. The Morgan fingerprint density at radius 3 is 2.39 bits per heavy atom. The van der Waals surface area contributed by atoms with E-state index in [-0.39, 0.29) is 11.9 Å². The van der Waals surface area contributed by atoms with E-state index in [0.29, 0.717) is 17.5 Å². The van der Waals surface area contributed by atoms with Gasteiger partial charge in [-0.25, -0.2) is 4.79 Å². The van der Waals surface area contributed by atoms with Crippen molar-refractivity contribution in [1.29, 1.82) is 0 Å². The van der Waals surface area contributed by atoms with Crippen LogP contribution in [0.5, 0.6) is 0 Å². The van der Waals surface area contributed by atoms with Crippen LogP contribution in [-0.4, -0.2) is 16.2 Å². The Bertz CT molecular complexity index is 1140. The molecule has 4 rings (SSSR count). The quantitative estimate of drug-likeness (QED) is 0.434. The van der Waals surface area contributed by atoms with Crippen molar-refractivity contribution < 1.29 is 9.21 Å². The molecule has 2 N–H and O–H groups in total. The summed E-state index contributed by atoms with van der Waals surface area (Å²) in [6, 6.07) is 23.6. The lowest BCUT2D eigenvalue weighted by atomic mass is 10.1. The number of aromatic nitrogens is 2. The topological polar surface area (TPSA) is 80.0 Å². The number of carbonyl (C=O) groups excluding carboxylic acids is 1. The second kappa shape index (κ2) is 9.45. The molecule has 0 bridgehead atoms. The standard InChI is InChI=1S/C24H21ClN4O2/c1-16-7-9-17(10-8-16)15-26-24(30)27-21(18-11-13-20(25)14-12-18)23-29-28-22(31-23)19-5-3-2-4-6-19/h2-14,21H,15H2,1H3,(H2,26,27,30)/t21-/m0/s1. The highest BCUT2D eigenvalue weighted by Gasteiger charge is 2.23. The zero-order valence-corrected chi connectivity index (χ0v) is 17.6. The minimum Gasteiger partial charge on any atom is -0.418 e. The molecule has 1 aromatic heterocycles. The summed E-state index contributed by atoms with van der Waals surface area (Å²) in [4.78, 5) is 12.6. The van der Waals surface area contributed by atoms with Crippen LogP contribution < -0.4 is 10.6 Å². The summed E-state index contributed by atoms with van der Waals surface area (Å²) in [5.41, 5.74) is 3.76. The molecule has 0 saturated heterocycles. The highest BCUT2D eigenvalue weighted by molar-refractivity contribution is 6.30. The van der Waals surface area contributed by atoms with Crippen molar-refractivity contribution in [3.05, 3.63) is 106 Å². The Morgan fingerprint density at radius 2 is 1.68 bits per heavy atom. The molecule has 0 saturated carbocycles. The molecule has 7 heteroatoms. The van der Waals surface area contributed by atoms with E-state index in [4.69, 9.17) is 16.0 Å². The molecule has 1 atom stereocenters. The summed E-state index contributed by atoms with van der Waals surface area (Å²) in [7, 11) is 0. The number of hydrogen-bond acceptors (Lipinski definition) is 4. The van der Waals surface area contributed by atoms with Gasteiger partial charge in [0.2, 0.25) is 11.8 Å². The molecule has 0 spiro atoms. The lowest BCUT2D eigenvalue weighted by Gasteiger charge is -2.16. The van der Waals surface area contributed by atoms with Gasteiger partial charge in [0.1, 0.15) is 6.04 Å². The Balaban J connectivity index is 1.53. The maximum Gasteiger partial charge on any atom is 0.315 e. The molecular weight excluding hydrogens is 412 g/mol. The van der Waals surface area contributed by atoms with Crippen LogP contribution in [0.15, 0.2) is 83.3 Å². The van der Waals surface area contributed by atoms with Crippen molar-refractivity contribution in [2.45, 2.75) is 19.5 Å². The van der Waals surface area contributed by atoms with E-state index in [1.54, 1.807) is 12.1 Å². The average Bonchev–Trinajstić information content (AvgIpc) is 3.28. The second-order valence-corrected chi connectivity index (χ2v) is 7.55. The monoisotopic (exact) mass is 432 g/mol. The van der Waals surface area contributed by atoms with Crippen LogP contribution in [-0.2, 0) is 6.54 Å². The van der Waals surface area contributed by atoms with Crippen molar-refractivity contribution in [2.24, 2.45) is 0 Å². The molecule has 3 aromatic carbocycles. The molecule has 0 radical (unpaired) electrons. The van der Waals surface area contributed by atoms with Crippen LogP contribution in [0, 0.1) is 6.92 Å². The summed E-state index contributed by atoms with van der Waals surface area (Å²) in [5, 5.41) is 14.7. The Labute approximate surface area is 185 Å². The normalized spacial score (nSPS) is 11.7. The zero-order chi connectivity index (χ0) is 21.6. The maximum atomic E-state index is 12.6. The third-order valence-electron chi connectivity index (χ3n) is 4.76. The van der Waals surface area contributed by atoms with E-state index in [9.17, 15) is 4.79 Å². The van der Waals surface area contributed by atoms with Gasteiger partial charge in [-0.1, -0.05) is 71.8 Å². The zero-order valence-electron chi connectivity index (χ0n) is 16.9. The fourth-order valence-electron chi connectivity index (χ4n) is 3.06. The first-order chi connectivity index (χ1) is 15.1. The molecule has 0 unspecified atom stereocenters. The number of amides is 2. The first kappa shape index (κ1) is 20.6. The number of nitrogens with zero attached hydrogens (tertiary/aromatic N) is 2. The average molecular weight is 433 g/mol. The van der Waals surface area contributed by atoms with Gasteiger partial charge >= 0.3 is 6.03 Å². The van der Waals surface area contributed by atoms with Gasteiger partial charge < -0.3 is 15.1 Å². The minimum absolute atomic E-state index is 0.284. The first-order valence-corrected chi connectivity index (χ1v) is 10.2. The van der Waals surface area contributed by atoms with E-state index in [2.05, 4.69) is 20.8 Å². The van der Waals surface area contributed by atoms with Gasteiger partial charge in [-0.2, -0.15) is 0 Å². The van der Waals surface area contributed by atoms with Crippen molar-refractivity contribution in [3.8, 4) is 11.5 Å². The molecule has 31 heavy (non-hydrogen) atoms. The second-order valence-electron chi connectivity index (χ2n) is 7.11.